The van der Waals surface area contributed by atoms with Crippen LogP contribution in [0.5, 0.6) is 0 Å². The monoisotopic (exact) mass is 465 g/mol. The van der Waals surface area contributed by atoms with Gasteiger partial charge in [-0.2, -0.15) is 0 Å². The van der Waals surface area contributed by atoms with Crippen LogP contribution in [0.2, 0.25) is 0 Å². The van der Waals surface area contributed by atoms with Gasteiger partial charge in [-0.1, -0.05) is 87.1 Å². The number of alkyl halides is 1. The van der Waals surface area contributed by atoms with E-state index in [9.17, 15) is 4.79 Å². The molecule has 0 saturated heterocycles. The first kappa shape index (κ1) is 27.8. The molecule has 0 spiro atoms. The van der Waals surface area contributed by atoms with Crippen LogP contribution in [0.4, 0.5) is 0 Å². The van der Waals surface area contributed by atoms with Gasteiger partial charge in [-0.05, 0) is 13.3 Å². The van der Waals surface area contributed by atoms with Crippen LogP contribution >= 0.6 is 15.9 Å². The number of halogens is 1. The van der Waals surface area contributed by atoms with Gasteiger partial charge in [0.1, 0.15) is 0 Å². The van der Waals surface area contributed by atoms with Crippen molar-refractivity contribution in [1.82, 2.24) is 5.32 Å². The van der Waals surface area contributed by atoms with Gasteiger partial charge in [-0.15, -0.1) is 0 Å². The minimum atomic E-state index is -0.0241. The molecule has 1 unspecified atom stereocenters. The minimum absolute atomic E-state index is 0.0241. The molecule has 0 aliphatic heterocycles. The van der Waals surface area contributed by atoms with Crippen LogP contribution in [0.15, 0.2) is 0 Å². The molecule has 0 rings (SSSR count). The van der Waals surface area contributed by atoms with E-state index in [0.29, 0.717) is 51.0 Å². The molecular formula is C22H44BrNO4. The van der Waals surface area contributed by atoms with Crippen LogP contribution in [0.25, 0.3) is 0 Å². The molecule has 5 nitrogen and oxygen atoms in total. The van der Waals surface area contributed by atoms with Crippen LogP contribution in [0, 0.1) is 0 Å². The second-order valence-corrected chi connectivity index (χ2v) is 7.92. The Morgan fingerprint density at radius 2 is 1.36 bits per heavy atom. The Balaban J connectivity index is 3.17. The van der Waals surface area contributed by atoms with Crippen molar-refractivity contribution in [3.8, 4) is 0 Å². The Labute approximate surface area is 181 Å². The Hall–Kier alpha value is -0.170. The summed E-state index contributed by atoms with van der Waals surface area (Å²) >= 11 is 3.09. The summed E-state index contributed by atoms with van der Waals surface area (Å²) in [5.41, 5.74) is 0. The highest BCUT2D eigenvalue weighted by atomic mass is 79.9. The molecule has 1 atom stereocenters. The number of carbonyl (C=O) groups is 1. The summed E-state index contributed by atoms with van der Waals surface area (Å²) in [5.74, 6) is -0.0241. The van der Waals surface area contributed by atoms with E-state index < -0.39 is 0 Å². The third-order valence-corrected chi connectivity index (χ3v) is 5.17. The van der Waals surface area contributed by atoms with Gasteiger partial charge >= 0.3 is 0 Å². The number of hydrogen-bond acceptors (Lipinski definition) is 4. The molecule has 0 aromatic heterocycles. The van der Waals surface area contributed by atoms with Crippen molar-refractivity contribution in [2.45, 2.75) is 90.6 Å². The maximum absolute atomic E-state index is 11.0. The predicted molar refractivity (Wildman–Crippen MR) is 120 cm³/mol. The Kier molecular flexibility index (Phi) is 23.0. The van der Waals surface area contributed by atoms with Crippen molar-refractivity contribution >= 4 is 21.8 Å². The van der Waals surface area contributed by atoms with Crippen molar-refractivity contribution in [3.05, 3.63) is 0 Å². The molecule has 0 aromatic rings. The Morgan fingerprint density at radius 1 is 0.821 bits per heavy atom. The van der Waals surface area contributed by atoms with Gasteiger partial charge in [-0.3, -0.25) is 4.79 Å². The molecule has 28 heavy (non-hydrogen) atoms. The van der Waals surface area contributed by atoms with Gasteiger partial charge in [0.05, 0.1) is 44.5 Å². The van der Waals surface area contributed by atoms with E-state index in [1.54, 1.807) is 0 Å². The van der Waals surface area contributed by atoms with Crippen molar-refractivity contribution in [2.24, 2.45) is 0 Å². The molecule has 0 saturated carbocycles. The first-order chi connectivity index (χ1) is 13.7. The standard InChI is InChI=1S/C22H44BrNO4/c1-3-4-5-6-7-8-9-10-11-12-13-21(2)28-19-18-27-17-16-26-15-14-24-22(25)20-23/h21H,3-20H2,1-2H3,(H,24,25). The highest BCUT2D eigenvalue weighted by Gasteiger charge is 2.02. The quantitative estimate of drug-likeness (QED) is 0.175. The summed E-state index contributed by atoms with van der Waals surface area (Å²) in [6.07, 6.45) is 15.2. The summed E-state index contributed by atoms with van der Waals surface area (Å²) in [5, 5.41) is 3.05. The number of hydrogen-bond donors (Lipinski definition) is 1. The van der Waals surface area contributed by atoms with Crippen LogP contribution in [0.1, 0.15) is 84.5 Å². The average molecular weight is 467 g/mol. The molecule has 0 bridgehead atoms. The molecule has 1 amide bonds. The molecule has 0 fully saturated rings. The van der Waals surface area contributed by atoms with E-state index in [0.717, 1.165) is 6.42 Å². The summed E-state index contributed by atoms with van der Waals surface area (Å²) in [6, 6.07) is 0. The normalized spacial score (nSPS) is 12.2. The third-order valence-electron chi connectivity index (χ3n) is 4.66. The van der Waals surface area contributed by atoms with E-state index >= 15 is 0 Å². The Bertz CT molecular complexity index is 332. The second kappa shape index (κ2) is 23.1. The highest BCUT2D eigenvalue weighted by Crippen LogP contribution is 2.12. The molecule has 1 N–H and O–H groups in total. The maximum Gasteiger partial charge on any atom is 0.230 e. The number of unbranched alkanes of at least 4 members (excludes halogenated alkanes) is 9. The zero-order chi connectivity index (χ0) is 20.7. The lowest BCUT2D eigenvalue weighted by Gasteiger charge is -2.13. The molecule has 0 heterocycles. The van der Waals surface area contributed by atoms with Gasteiger partial charge in [0.25, 0.3) is 0 Å². The van der Waals surface area contributed by atoms with Crippen molar-refractivity contribution in [3.63, 3.8) is 0 Å². The molecule has 0 aliphatic carbocycles. The fraction of sp³-hybridized carbons (Fsp3) is 0.955. The molecule has 6 heteroatoms. The minimum Gasteiger partial charge on any atom is -0.377 e. The van der Waals surface area contributed by atoms with Gasteiger partial charge in [0.2, 0.25) is 5.91 Å². The van der Waals surface area contributed by atoms with Crippen LogP contribution in [-0.2, 0) is 19.0 Å². The summed E-state index contributed by atoms with van der Waals surface area (Å²) in [4.78, 5) is 11.0. The van der Waals surface area contributed by atoms with E-state index in [2.05, 4.69) is 35.1 Å². The highest BCUT2D eigenvalue weighted by molar-refractivity contribution is 9.09. The number of rotatable bonds is 22. The predicted octanol–water partition coefficient (Wildman–Crippen LogP) is 5.25. The van der Waals surface area contributed by atoms with E-state index in [-0.39, 0.29) is 5.91 Å². The van der Waals surface area contributed by atoms with E-state index in [1.807, 2.05) is 0 Å². The van der Waals surface area contributed by atoms with E-state index in [1.165, 1.54) is 64.2 Å². The average Bonchev–Trinajstić information content (AvgIpc) is 2.70. The number of carbonyl (C=O) groups excluding carboxylic acids is 1. The molecular weight excluding hydrogens is 422 g/mol. The fourth-order valence-electron chi connectivity index (χ4n) is 2.94. The largest absolute Gasteiger partial charge is 0.377 e. The van der Waals surface area contributed by atoms with Gasteiger partial charge in [0, 0.05) is 6.54 Å². The number of amides is 1. The third kappa shape index (κ3) is 22.1. The summed E-state index contributed by atoms with van der Waals surface area (Å²) < 4.78 is 16.7. The lowest BCUT2D eigenvalue weighted by Crippen LogP contribution is -2.28. The van der Waals surface area contributed by atoms with Gasteiger partial charge < -0.3 is 19.5 Å². The smallest absolute Gasteiger partial charge is 0.230 e. The SMILES string of the molecule is CCCCCCCCCCCCC(C)OCCOCCOCCNC(=O)CBr. The van der Waals surface area contributed by atoms with E-state index in [4.69, 9.17) is 14.2 Å². The first-order valence-electron chi connectivity index (χ1n) is 11.3. The number of ether oxygens (including phenoxy) is 3. The lowest BCUT2D eigenvalue weighted by molar-refractivity contribution is -0.118. The first-order valence-corrected chi connectivity index (χ1v) is 12.4. The zero-order valence-electron chi connectivity index (χ0n) is 18.3. The van der Waals surface area contributed by atoms with Crippen LogP contribution in [-0.4, -0.2) is 56.9 Å². The fourth-order valence-corrected chi connectivity index (χ4v) is 3.14. The van der Waals surface area contributed by atoms with Crippen molar-refractivity contribution < 1.29 is 19.0 Å². The zero-order valence-corrected chi connectivity index (χ0v) is 19.9. The Morgan fingerprint density at radius 3 is 1.96 bits per heavy atom. The van der Waals surface area contributed by atoms with Crippen LogP contribution in [0.3, 0.4) is 0 Å². The van der Waals surface area contributed by atoms with Crippen LogP contribution < -0.4 is 5.32 Å². The molecule has 0 radical (unpaired) electrons. The lowest BCUT2D eigenvalue weighted by atomic mass is 10.0. The summed E-state index contributed by atoms with van der Waals surface area (Å²) in [7, 11) is 0. The van der Waals surface area contributed by atoms with Crippen molar-refractivity contribution in [1.29, 1.82) is 0 Å². The molecule has 0 aliphatic rings. The van der Waals surface area contributed by atoms with Gasteiger partial charge in [0.15, 0.2) is 0 Å². The molecule has 0 aromatic carbocycles. The topological polar surface area (TPSA) is 56.8 Å². The summed E-state index contributed by atoms with van der Waals surface area (Å²) in [6.45, 7) is 7.80. The second-order valence-electron chi connectivity index (χ2n) is 7.36. The number of nitrogens with one attached hydrogen (secondary N) is 1. The maximum atomic E-state index is 11.0. The van der Waals surface area contributed by atoms with Crippen molar-refractivity contribution in [2.75, 3.05) is 44.9 Å². The molecule has 168 valence electrons. The van der Waals surface area contributed by atoms with Gasteiger partial charge in [-0.25, -0.2) is 0 Å².